The van der Waals surface area contributed by atoms with Gasteiger partial charge in [0, 0.05) is 41.5 Å². The highest BCUT2D eigenvalue weighted by molar-refractivity contribution is 7.84. The van der Waals surface area contributed by atoms with E-state index in [0.717, 1.165) is 28.7 Å². The fourth-order valence-corrected chi connectivity index (χ4v) is 4.85. The average Bonchev–Trinajstić information content (AvgIpc) is 3.41. The molecule has 9 heteroatoms. The normalized spacial score (nSPS) is 11.5. The van der Waals surface area contributed by atoms with Crippen molar-refractivity contribution in [3.05, 3.63) is 77.4 Å². The number of unbranched alkanes of at least 4 members (excludes halogenated alkanes) is 1. The van der Waals surface area contributed by atoms with Crippen LogP contribution in [0.3, 0.4) is 0 Å². The minimum atomic E-state index is -1.32. The number of hydrogen-bond donors (Lipinski definition) is 3. The molecule has 1 unspecified atom stereocenters. The summed E-state index contributed by atoms with van der Waals surface area (Å²) in [5.41, 5.74) is 4.12. The molecule has 0 aliphatic carbocycles. The second kappa shape index (κ2) is 14.7. The molecule has 0 saturated heterocycles. The molecule has 1 atom stereocenters. The van der Waals surface area contributed by atoms with Gasteiger partial charge in [0.05, 0.1) is 16.4 Å². The Labute approximate surface area is 232 Å². The van der Waals surface area contributed by atoms with Gasteiger partial charge in [-0.25, -0.2) is 13.9 Å². The Morgan fingerprint density at radius 3 is 2.37 bits per heavy atom. The maximum atomic E-state index is 12.9. The van der Waals surface area contributed by atoms with Crippen LogP contribution in [-0.4, -0.2) is 33.2 Å². The van der Waals surface area contributed by atoms with Crippen molar-refractivity contribution in [1.29, 1.82) is 0 Å². The summed E-state index contributed by atoms with van der Waals surface area (Å²) >= 11 is 5.11. The maximum absolute atomic E-state index is 12.9. The highest BCUT2D eigenvalue weighted by atomic mass is 35.5. The number of pyridine rings is 1. The third-order valence-electron chi connectivity index (χ3n) is 5.72. The van der Waals surface area contributed by atoms with Gasteiger partial charge in [-0.1, -0.05) is 52.1 Å². The van der Waals surface area contributed by atoms with Crippen molar-refractivity contribution in [3.8, 4) is 11.3 Å². The van der Waals surface area contributed by atoms with E-state index in [9.17, 15) is 9.00 Å². The molecule has 0 fully saturated rings. The van der Waals surface area contributed by atoms with Crippen LogP contribution in [0.15, 0.2) is 66.9 Å². The first-order valence-corrected chi connectivity index (χ1v) is 14.5. The molecule has 38 heavy (non-hydrogen) atoms. The van der Waals surface area contributed by atoms with Gasteiger partial charge in [0.1, 0.15) is 5.65 Å². The van der Waals surface area contributed by atoms with E-state index in [2.05, 4.69) is 33.9 Å². The monoisotopic (exact) mass is 553 g/mol. The largest absolute Gasteiger partial charge is 0.346 e. The van der Waals surface area contributed by atoms with Crippen LogP contribution in [0.5, 0.6) is 0 Å². The minimum Gasteiger partial charge on any atom is -0.346 e. The number of carbonyl (C=O) groups is 1. The molecule has 1 amide bonds. The molecule has 4 rings (SSSR count). The lowest BCUT2D eigenvalue weighted by atomic mass is 10.1. The van der Waals surface area contributed by atoms with Gasteiger partial charge >= 0.3 is 0 Å². The number of aromatic amines is 1. The number of benzene rings is 2. The van der Waals surface area contributed by atoms with E-state index in [-0.39, 0.29) is 5.91 Å². The van der Waals surface area contributed by atoms with E-state index >= 15 is 0 Å². The second-order valence-electron chi connectivity index (χ2n) is 8.66. The summed E-state index contributed by atoms with van der Waals surface area (Å²) in [4.78, 5) is 20.6. The molecule has 0 aliphatic rings. The Balaban J connectivity index is 0.000000934. The number of aromatic nitrogens is 2. The van der Waals surface area contributed by atoms with Gasteiger partial charge < -0.3 is 10.3 Å². The molecule has 2 aromatic heterocycles. The van der Waals surface area contributed by atoms with E-state index in [1.165, 1.54) is 12.8 Å². The number of anilines is 2. The number of carbonyl (C=O) groups excluding carboxylic acids is 1. The number of fused-ring (bicyclic) bond motifs is 1. The van der Waals surface area contributed by atoms with E-state index < -0.39 is 11.2 Å². The highest BCUT2D eigenvalue weighted by Crippen LogP contribution is 2.30. The topological polar surface area (TPSA) is 90.1 Å². The lowest BCUT2D eigenvalue weighted by Gasteiger charge is -2.22. The zero-order valence-corrected chi connectivity index (χ0v) is 24.0. The van der Waals surface area contributed by atoms with Gasteiger partial charge in [-0.05, 0) is 67.1 Å². The van der Waals surface area contributed by atoms with Crippen LogP contribution in [0, 0.1) is 0 Å². The van der Waals surface area contributed by atoms with Crippen molar-refractivity contribution >= 4 is 51.1 Å². The fourth-order valence-electron chi connectivity index (χ4n) is 3.57. The third kappa shape index (κ3) is 7.66. The Kier molecular flexibility index (Phi) is 11.3. The molecule has 0 radical (unpaired) electrons. The van der Waals surface area contributed by atoms with E-state index in [1.807, 2.05) is 56.4 Å². The summed E-state index contributed by atoms with van der Waals surface area (Å²) in [6, 6.07) is 18.2. The molecule has 2 heterocycles. The van der Waals surface area contributed by atoms with Crippen molar-refractivity contribution in [2.24, 2.45) is 0 Å². The van der Waals surface area contributed by atoms with Gasteiger partial charge in [-0.15, -0.1) is 0 Å². The number of hydrogen-bond acceptors (Lipinski definition) is 3. The molecule has 4 aromatic rings. The summed E-state index contributed by atoms with van der Waals surface area (Å²) in [7, 11) is 0. The fraction of sp³-hybridized carbons (Fsp3) is 0.310. The predicted molar refractivity (Wildman–Crippen MR) is 161 cm³/mol. The smallest absolute Gasteiger partial charge is 0.255 e. The number of halogens is 1. The average molecular weight is 554 g/mol. The summed E-state index contributed by atoms with van der Waals surface area (Å²) in [6.07, 6.45) is 5.33. The molecule has 0 saturated carbocycles. The quantitative estimate of drug-likeness (QED) is 0.192. The third-order valence-corrected chi connectivity index (χ3v) is 7.38. The van der Waals surface area contributed by atoms with E-state index in [4.69, 9.17) is 11.6 Å². The number of rotatable bonds is 10. The molecular formula is C29H36ClN5O2S. The van der Waals surface area contributed by atoms with Gasteiger partial charge in [0.25, 0.3) is 5.91 Å². The molecule has 0 aliphatic heterocycles. The Hall–Kier alpha value is -3.20. The molecule has 0 spiro atoms. The molecule has 202 valence electrons. The van der Waals surface area contributed by atoms with Crippen LogP contribution in [0.4, 0.5) is 11.4 Å². The Bertz CT molecular complexity index is 1350. The van der Waals surface area contributed by atoms with Gasteiger partial charge in [0.15, 0.2) is 11.2 Å². The highest BCUT2D eigenvalue weighted by Gasteiger charge is 2.15. The predicted octanol–water partition coefficient (Wildman–Crippen LogP) is 7.35. The molecule has 7 nitrogen and oxygen atoms in total. The van der Waals surface area contributed by atoms with Crippen LogP contribution in [0.2, 0.25) is 5.02 Å². The number of nitrogens with zero attached hydrogens (tertiary/aromatic N) is 2. The van der Waals surface area contributed by atoms with Crippen molar-refractivity contribution < 1.29 is 9.00 Å². The lowest BCUT2D eigenvalue weighted by molar-refractivity contribution is 0.102. The van der Waals surface area contributed by atoms with Crippen molar-refractivity contribution in [3.63, 3.8) is 0 Å². The Morgan fingerprint density at radius 2 is 1.71 bits per heavy atom. The Morgan fingerprint density at radius 1 is 0.974 bits per heavy atom. The molecule has 2 aromatic carbocycles. The van der Waals surface area contributed by atoms with Crippen molar-refractivity contribution in [2.75, 3.05) is 22.7 Å². The van der Waals surface area contributed by atoms with Crippen LogP contribution >= 0.6 is 11.6 Å². The molecular weight excluding hydrogens is 518 g/mol. The number of amides is 1. The van der Waals surface area contributed by atoms with Crippen LogP contribution in [-0.2, 0) is 11.2 Å². The number of H-pyrrole nitrogens is 1. The first kappa shape index (κ1) is 29.4. The van der Waals surface area contributed by atoms with Crippen molar-refractivity contribution in [2.45, 2.75) is 47.0 Å². The first-order chi connectivity index (χ1) is 18.4. The van der Waals surface area contributed by atoms with E-state index in [1.54, 1.807) is 28.6 Å². The SMILES string of the molecule is CCCC.CCCN(c1ccc(C(=O)Nc2ccc(Cl)c(-c3ccc4cc[nH]c4n3)c2)cc1)S(=O)NCC. The lowest BCUT2D eigenvalue weighted by Crippen LogP contribution is -2.35. The minimum absolute atomic E-state index is 0.248. The zero-order valence-electron chi connectivity index (χ0n) is 22.4. The van der Waals surface area contributed by atoms with Crippen LogP contribution in [0.25, 0.3) is 22.3 Å². The van der Waals surface area contributed by atoms with Crippen LogP contribution in [0.1, 0.15) is 57.3 Å². The standard InChI is InChI=1S/C25H26ClN5O2S.C4H10/c1-3-15-31(34(33)28-4-2)20-9-5-18(6-10-20)25(32)29-19-8-11-22(26)21(16-19)23-12-7-17-13-14-27-24(17)30-23;1-3-4-2/h5-14,16,28H,3-4,15H2,1-2H3,(H,27,30)(H,29,32);3-4H2,1-2H3. The number of nitrogens with one attached hydrogen (secondary N) is 3. The zero-order chi connectivity index (χ0) is 27.5. The van der Waals surface area contributed by atoms with Gasteiger partial charge in [-0.2, -0.15) is 0 Å². The first-order valence-electron chi connectivity index (χ1n) is 13.0. The van der Waals surface area contributed by atoms with E-state index in [0.29, 0.717) is 35.1 Å². The maximum Gasteiger partial charge on any atom is 0.255 e. The van der Waals surface area contributed by atoms with Gasteiger partial charge in [0.2, 0.25) is 0 Å². The summed E-state index contributed by atoms with van der Waals surface area (Å²) < 4.78 is 17.2. The molecule has 3 N–H and O–H groups in total. The van der Waals surface area contributed by atoms with Crippen LogP contribution < -0.4 is 14.3 Å². The van der Waals surface area contributed by atoms with Gasteiger partial charge in [-0.3, -0.25) is 9.10 Å². The second-order valence-corrected chi connectivity index (χ2v) is 10.3. The molecule has 0 bridgehead atoms. The summed E-state index contributed by atoms with van der Waals surface area (Å²) in [6.45, 7) is 9.54. The summed E-state index contributed by atoms with van der Waals surface area (Å²) in [5, 5.41) is 4.49. The van der Waals surface area contributed by atoms with Crippen molar-refractivity contribution in [1.82, 2.24) is 14.7 Å². The summed E-state index contributed by atoms with van der Waals surface area (Å²) in [5.74, 6) is -0.248.